The summed E-state index contributed by atoms with van der Waals surface area (Å²) in [5, 5.41) is 4.27. The molecule has 0 saturated carbocycles. The molecule has 1 heterocycles. The van der Waals surface area contributed by atoms with Gasteiger partial charge >= 0.3 is 0 Å². The maximum Gasteiger partial charge on any atom is 0.0557 e. The highest BCUT2D eigenvalue weighted by Gasteiger charge is 2.01. The molecule has 0 fully saturated rings. The van der Waals surface area contributed by atoms with E-state index in [1.165, 1.54) is 0 Å². The minimum absolute atomic E-state index is 0.769. The van der Waals surface area contributed by atoms with Crippen LogP contribution in [-0.4, -0.2) is 4.58 Å². The molecule has 0 radical (unpaired) electrons. The molecule has 1 aliphatic rings. The van der Waals surface area contributed by atoms with E-state index < -0.39 is 0 Å². The van der Waals surface area contributed by atoms with Crippen molar-refractivity contribution in [1.29, 1.82) is 0 Å². The number of hydrogen-bond acceptors (Lipinski definition) is 2. The molecule has 6 heavy (non-hydrogen) atoms. The van der Waals surface area contributed by atoms with Crippen molar-refractivity contribution >= 4 is 23.5 Å². The van der Waals surface area contributed by atoms with Crippen LogP contribution in [0.2, 0.25) is 0 Å². The molecule has 34 valence electrons. The molecular weight excluding hydrogens is 112 g/mol. The fourth-order valence-electron chi connectivity index (χ4n) is 0.318. The third-order valence-corrected chi connectivity index (χ3v) is 2.79. The molecule has 0 aromatic carbocycles. The third-order valence-electron chi connectivity index (χ3n) is 0.596. The van der Waals surface area contributed by atoms with Gasteiger partial charge in [0.05, 0.1) is 4.58 Å². The average Bonchev–Trinajstić information content (AvgIpc) is 1.86. The van der Waals surface area contributed by atoms with E-state index >= 15 is 0 Å². The zero-order valence-corrected chi connectivity index (χ0v) is 5.18. The van der Waals surface area contributed by atoms with Crippen LogP contribution in [-0.2, 0) is 0 Å². The fourth-order valence-corrected chi connectivity index (χ4v) is 1.91. The highest BCUT2D eigenvalue weighted by molar-refractivity contribution is 8.22. The summed E-state index contributed by atoms with van der Waals surface area (Å²) < 4.78 is 0.769. The van der Waals surface area contributed by atoms with Crippen molar-refractivity contribution in [3.05, 3.63) is 10.8 Å². The van der Waals surface area contributed by atoms with E-state index in [1.807, 2.05) is 23.5 Å². The van der Waals surface area contributed by atoms with Crippen LogP contribution in [0.3, 0.4) is 0 Å². The maximum atomic E-state index is 2.20. The van der Waals surface area contributed by atoms with Gasteiger partial charge in [0.1, 0.15) is 0 Å². The Balaban J connectivity index is 2.32. The van der Waals surface area contributed by atoms with Crippen LogP contribution < -0.4 is 0 Å². The Morgan fingerprint density at radius 1 is 1.33 bits per heavy atom. The van der Waals surface area contributed by atoms with Crippen molar-refractivity contribution in [2.45, 2.75) is 11.5 Å². The highest BCUT2D eigenvalue weighted by atomic mass is 32.2. The number of hydrogen-bond donors (Lipinski definition) is 0. The number of rotatable bonds is 0. The van der Waals surface area contributed by atoms with Crippen LogP contribution in [0.1, 0.15) is 6.92 Å². The summed E-state index contributed by atoms with van der Waals surface area (Å²) in [5.41, 5.74) is 0. The van der Waals surface area contributed by atoms with E-state index in [-0.39, 0.29) is 0 Å². The lowest BCUT2D eigenvalue weighted by Gasteiger charge is -1.91. The van der Waals surface area contributed by atoms with Crippen molar-refractivity contribution in [3.8, 4) is 0 Å². The van der Waals surface area contributed by atoms with E-state index in [0.717, 1.165) is 4.58 Å². The molecule has 0 aliphatic carbocycles. The van der Waals surface area contributed by atoms with Crippen LogP contribution in [0, 0.1) is 0 Å². The first kappa shape index (κ1) is 4.60. The monoisotopic (exact) mass is 118 g/mol. The van der Waals surface area contributed by atoms with Crippen molar-refractivity contribution in [3.63, 3.8) is 0 Å². The van der Waals surface area contributed by atoms with Crippen molar-refractivity contribution < 1.29 is 0 Å². The standard InChI is InChI=1S/C4H6S2/c1-4-5-2-3-6-4/h2-4H,1H3. The quantitative estimate of drug-likeness (QED) is 0.478. The van der Waals surface area contributed by atoms with E-state index in [0.29, 0.717) is 0 Å². The van der Waals surface area contributed by atoms with Crippen LogP contribution in [0.4, 0.5) is 0 Å². The minimum atomic E-state index is 0.769. The molecule has 0 saturated heterocycles. The van der Waals surface area contributed by atoms with Crippen molar-refractivity contribution in [1.82, 2.24) is 0 Å². The maximum absolute atomic E-state index is 2.20. The predicted octanol–water partition coefficient (Wildman–Crippen LogP) is 2.28. The SMILES string of the molecule is CC1SC=CS1. The van der Waals surface area contributed by atoms with Crippen LogP contribution >= 0.6 is 23.5 Å². The predicted molar refractivity (Wildman–Crippen MR) is 33.8 cm³/mol. The summed E-state index contributed by atoms with van der Waals surface area (Å²) in [6, 6.07) is 0. The summed E-state index contributed by atoms with van der Waals surface area (Å²) >= 11 is 3.76. The normalized spacial score (nSPS) is 22.8. The van der Waals surface area contributed by atoms with Crippen LogP contribution in [0.25, 0.3) is 0 Å². The Morgan fingerprint density at radius 3 is 2.00 bits per heavy atom. The Bertz CT molecular complexity index is 59.9. The van der Waals surface area contributed by atoms with E-state index in [9.17, 15) is 0 Å². The van der Waals surface area contributed by atoms with Gasteiger partial charge in [-0.25, -0.2) is 0 Å². The van der Waals surface area contributed by atoms with Crippen molar-refractivity contribution in [2.24, 2.45) is 0 Å². The molecule has 0 nitrogen and oxygen atoms in total. The Labute approximate surface area is 46.4 Å². The molecule has 0 N–H and O–H groups in total. The average molecular weight is 118 g/mol. The van der Waals surface area contributed by atoms with Gasteiger partial charge in [0.2, 0.25) is 0 Å². The third kappa shape index (κ3) is 0.949. The van der Waals surface area contributed by atoms with Gasteiger partial charge in [-0.1, -0.05) is 0 Å². The molecule has 2 heteroatoms. The second-order valence-electron chi connectivity index (χ2n) is 1.11. The largest absolute Gasteiger partial charge is 0.119 e. The molecule has 1 aliphatic heterocycles. The van der Waals surface area contributed by atoms with Gasteiger partial charge in [-0.3, -0.25) is 0 Å². The second-order valence-corrected chi connectivity index (χ2v) is 3.91. The fraction of sp³-hybridized carbons (Fsp3) is 0.500. The Kier molecular flexibility index (Phi) is 1.48. The van der Waals surface area contributed by atoms with E-state index in [1.54, 1.807) is 0 Å². The van der Waals surface area contributed by atoms with Gasteiger partial charge in [0, 0.05) is 0 Å². The van der Waals surface area contributed by atoms with Gasteiger partial charge in [0.25, 0.3) is 0 Å². The summed E-state index contributed by atoms with van der Waals surface area (Å²) in [5.74, 6) is 0. The molecule has 0 aromatic heterocycles. The van der Waals surface area contributed by atoms with Gasteiger partial charge in [0.15, 0.2) is 0 Å². The molecule has 0 aromatic rings. The molecular formula is C4H6S2. The first-order chi connectivity index (χ1) is 2.89. The molecule has 0 unspecified atom stereocenters. The van der Waals surface area contributed by atoms with E-state index in [4.69, 9.17) is 0 Å². The zero-order valence-electron chi connectivity index (χ0n) is 3.55. The first-order valence-electron chi connectivity index (χ1n) is 1.85. The summed E-state index contributed by atoms with van der Waals surface area (Å²) in [6.07, 6.45) is 0. The van der Waals surface area contributed by atoms with Gasteiger partial charge < -0.3 is 0 Å². The summed E-state index contributed by atoms with van der Waals surface area (Å²) in [6.45, 7) is 2.20. The summed E-state index contributed by atoms with van der Waals surface area (Å²) in [4.78, 5) is 0. The highest BCUT2D eigenvalue weighted by Crippen LogP contribution is 2.31. The molecule has 0 atom stereocenters. The van der Waals surface area contributed by atoms with E-state index in [2.05, 4.69) is 17.7 Å². The van der Waals surface area contributed by atoms with Gasteiger partial charge in [-0.05, 0) is 17.7 Å². The summed E-state index contributed by atoms with van der Waals surface area (Å²) in [7, 11) is 0. The van der Waals surface area contributed by atoms with Gasteiger partial charge in [-0.15, -0.1) is 23.5 Å². The molecule has 0 amide bonds. The van der Waals surface area contributed by atoms with Crippen molar-refractivity contribution in [2.75, 3.05) is 0 Å². The second kappa shape index (κ2) is 1.94. The lowest BCUT2D eigenvalue weighted by Crippen LogP contribution is -1.74. The van der Waals surface area contributed by atoms with Crippen LogP contribution in [0.15, 0.2) is 10.8 Å². The van der Waals surface area contributed by atoms with Gasteiger partial charge in [-0.2, -0.15) is 0 Å². The molecule has 0 bridgehead atoms. The lowest BCUT2D eigenvalue weighted by molar-refractivity contribution is 1.44. The topological polar surface area (TPSA) is 0 Å². The Morgan fingerprint density at radius 2 is 1.83 bits per heavy atom. The smallest absolute Gasteiger partial charge is 0.0557 e. The van der Waals surface area contributed by atoms with Crippen LogP contribution in [0.5, 0.6) is 0 Å². The first-order valence-corrected chi connectivity index (χ1v) is 3.74. The lowest BCUT2D eigenvalue weighted by atomic mass is 11.0. The minimum Gasteiger partial charge on any atom is -0.119 e. The Hall–Kier alpha value is 0.440. The molecule has 1 rings (SSSR count). The zero-order chi connectivity index (χ0) is 4.41. The molecule has 0 spiro atoms. The number of thioether (sulfide) groups is 2.